The molecule has 3 heteroatoms. The summed E-state index contributed by atoms with van der Waals surface area (Å²) in [7, 11) is 0. The van der Waals surface area contributed by atoms with Gasteiger partial charge in [0.15, 0.2) is 0 Å². The molecular weight excluding hydrogens is 226 g/mol. The average Bonchev–Trinajstić information content (AvgIpc) is 2.99. The van der Waals surface area contributed by atoms with Crippen molar-refractivity contribution in [2.45, 2.75) is 44.2 Å². The minimum atomic E-state index is -0.542. The van der Waals surface area contributed by atoms with Gasteiger partial charge >= 0.3 is 0 Å². The zero-order valence-electron chi connectivity index (χ0n) is 11.3. The second-order valence-electron chi connectivity index (χ2n) is 6.45. The largest absolute Gasteiger partial charge is 0.388 e. The van der Waals surface area contributed by atoms with E-state index in [1.807, 2.05) is 0 Å². The standard InChI is InChI=1S/C15H25NO2/c1-11(14-9-12-2-3-13(14)8-12)16-10-15(17)4-6-18-7-5-15/h2-3,11-14,16-17H,4-10H2,1H3. The van der Waals surface area contributed by atoms with Gasteiger partial charge < -0.3 is 15.2 Å². The number of allylic oxidation sites excluding steroid dienone is 2. The van der Waals surface area contributed by atoms with Crippen molar-refractivity contribution in [3.63, 3.8) is 0 Å². The van der Waals surface area contributed by atoms with Gasteiger partial charge in [0.05, 0.1) is 5.60 Å². The molecule has 2 N–H and O–H groups in total. The van der Waals surface area contributed by atoms with Crippen molar-refractivity contribution in [1.82, 2.24) is 5.32 Å². The van der Waals surface area contributed by atoms with E-state index in [1.165, 1.54) is 12.8 Å². The van der Waals surface area contributed by atoms with Gasteiger partial charge in [0.25, 0.3) is 0 Å². The molecule has 2 fully saturated rings. The molecule has 0 aromatic heterocycles. The molecule has 4 atom stereocenters. The van der Waals surface area contributed by atoms with Crippen LogP contribution in [-0.2, 0) is 4.74 Å². The van der Waals surface area contributed by atoms with Crippen LogP contribution in [0.3, 0.4) is 0 Å². The van der Waals surface area contributed by atoms with Gasteiger partial charge in [-0.3, -0.25) is 0 Å². The SMILES string of the molecule is CC(NCC1(O)CCOCC1)C1CC2C=CC1C2. The third kappa shape index (κ3) is 2.49. The van der Waals surface area contributed by atoms with Crippen molar-refractivity contribution in [3.8, 4) is 0 Å². The molecule has 102 valence electrons. The molecule has 1 saturated carbocycles. The highest BCUT2D eigenvalue weighted by atomic mass is 16.5. The summed E-state index contributed by atoms with van der Waals surface area (Å²) in [6, 6.07) is 0.511. The van der Waals surface area contributed by atoms with E-state index in [0.717, 1.165) is 37.1 Å². The summed E-state index contributed by atoms with van der Waals surface area (Å²) in [6.45, 7) is 4.39. The van der Waals surface area contributed by atoms with E-state index >= 15 is 0 Å². The average molecular weight is 251 g/mol. The summed E-state index contributed by atoms with van der Waals surface area (Å²) in [5.74, 6) is 2.38. The van der Waals surface area contributed by atoms with E-state index in [0.29, 0.717) is 19.3 Å². The maximum atomic E-state index is 10.4. The van der Waals surface area contributed by atoms with E-state index in [1.54, 1.807) is 0 Å². The van der Waals surface area contributed by atoms with Gasteiger partial charge in [0.1, 0.15) is 0 Å². The molecule has 0 aromatic rings. The Bertz CT molecular complexity index is 322. The van der Waals surface area contributed by atoms with Crippen LogP contribution in [0.5, 0.6) is 0 Å². The van der Waals surface area contributed by atoms with Gasteiger partial charge in [0, 0.05) is 38.6 Å². The molecule has 0 spiro atoms. The van der Waals surface area contributed by atoms with Crippen LogP contribution >= 0.6 is 0 Å². The van der Waals surface area contributed by atoms with Crippen molar-refractivity contribution in [2.24, 2.45) is 17.8 Å². The smallest absolute Gasteiger partial charge is 0.0815 e. The number of aliphatic hydroxyl groups is 1. The Labute approximate surface area is 110 Å². The fraction of sp³-hybridized carbons (Fsp3) is 0.867. The number of nitrogens with one attached hydrogen (secondary N) is 1. The monoisotopic (exact) mass is 251 g/mol. The van der Waals surface area contributed by atoms with Gasteiger partial charge in [-0.05, 0) is 37.5 Å². The van der Waals surface area contributed by atoms with Crippen LogP contribution in [0.2, 0.25) is 0 Å². The fourth-order valence-corrected chi connectivity index (χ4v) is 3.83. The molecule has 4 unspecified atom stereocenters. The third-order valence-corrected chi connectivity index (χ3v) is 5.15. The highest BCUT2D eigenvalue weighted by Gasteiger charge is 2.39. The minimum absolute atomic E-state index is 0.511. The Balaban J connectivity index is 1.49. The fourth-order valence-electron chi connectivity index (χ4n) is 3.83. The molecule has 3 nitrogen and oxygen atoms in total. The Hall–Kier alpha value is -0.380. The molecule has 3 rings (SSSR count). The Kier molecular flexibility index (Phi) is 3.48. The van der Waals surface area contributed by atoms with E-state index < -0.39 is 5.60 Å². The van der Waals surface area contributed by atoms with Crippen molar-refractivity contribution in [3.05, 3.63) is 12.2 Å². The molecular formula is C15H25NO2. The van der Waals surface area contributed by atoms with Crippen LogP contribution in [0.1, 0.15) is 32.6 Å². The number of hydrogen-bond donors (Lipinski definition) is 2. The number of hydrogen-bond acceptors (Lipinski definition) is 3. The molecule has 2 bridgehead atoms. The van der Waals surface area contributed by atoms with Gasteiger partial charge in [-0.2, -0.15) is 0 Å². The summed E-state index contributed by atoms with van der Waals surface area (Å²) in [4.78, 5) is 0. The van der Waals surface area contributed by atoms with E-state index in [2.05, 4.69) is 24.4 Å². The van der Waals surface area contributed by atoms with Gasteiger partial charge in [-0.15, -0.1) is 0 Å². The van der Waals surface area contributed by atoms with Crippen LogP contribution < -0.4 is 5.32 Å². The third-order valence-electron chi connectivity index (χ3n) is 5.15. The van der Waals surface area contributed by atoms with Crippen molar-refractivity contribution in [1.29, 1.82) is 0 Å². The normalized spacial score (nSPS) is 39.1. The number of fused-ring (bicyclic) bond motifs is 2. The van der Waals surface area contributed by atoms with Gasteiger partial charge in [-0.25, -0.2) is 0 Å². The summed E-state index contributed by atoms with van der Waals surface area (Å²) < 4.78 is 5.31. The predicted molar refractivity (Wildman–Crippen MR) is 71.3 cm³/mol. The quantitative estimate of drug-likeness (QED) is 0.748. The second-order valence-corrected chi connectivity index (χ2v) is 6.45. The Morgan fingerprint density at radius 3 is 2.72 bits per heavy atom. The van der Waals surface area contributed by atoms with Crippen LogP contribution in [0.4, 0.5) is 0 Å². The lowest BCUT2D eigenvalue weighted by Crippen LogP contribution is -2.49. The zero-order valence-corrected chi connectivity index (χ0v) is 11.3. The maximum absolute atomic E-state index is 10.4. The maximum Gasteiger partial charge on any atom is 0.0815 e. The van der Waals surface area contributed by atoms with Crippen molar-refractivity contribution in [2.75, 3.05) is 19.8 Å². The van der Waals surface area contributed by atoms with E-state index in [9.17, 15) is 5.11 Å². The number of ether oxygens (including phenoxy) is 1. The lowest BCUT2D eigenvalue weighted by Gasteiger charge is -2.35. The van der Waals surface area contributed by atoms with Crippen LogP contribution in [0.25, 0.3) is 0 Å². The summed E-state index contributed by atoms with van der Waals surface area (Å²) in [5, 5.41) is 14.0. The zero-order chi connectivity index (χ0) is 12.6. The summed E-state index contributed by atoms with van der Waals surface area (Å²) in [6.07, 6.45) is 9.01. The summed E-state index contributed by atoms with van der Waals surface area (Å²) >= 11 is 0. The minimum Gasteiger partial charge on any atom is -0.388 e. The highest BCUT2D eigenvalue weighted by Crippen LogP contribution is 2.44. The predicted octanol–water partition coefficient (Wildman–Crippen LogP) is 1.72. The first kappa shape index (κ1) is 12.6. The Morgan fingerprint density at radius 1 is 1.33 bits per heavy atom. The molecule has 0 radical (unpaired) electrons. The van der Waals surface area contributed by atoms with E-state index in [4.69, 9.17) is 4.74 Å². The van der Waals surface area contributed by atoms with Crippen LogP contribution in [0, 0.1) is 17.8 Å². The van der Waals surface area contributed by atoms with Crippen LogP contribution in [-0.4, -0.2) is 36.5 Å². The molecule has 0 aromatic carbocycles. The van der Waals surface area contributed by atoms with Gasteiger partial charge in [0.2, 0.25) is 0 Å². The molecule has 1 saturated heterocycles. The van der Waals surface area contributed by atoms with E-state index in [-0.39, 0.29) is 0 Å². The molecule has 18 heavy (non-hydrogen) atoms. The lowest BCUT2D eigenvalue weighted by molar-refractivity contribution is -0.0634. The van der Waals surface area contributed by atoms with Crippen LogP contribution in [0.15, 0.2) is 12.2 Å². The van der Waals surface area contributed by atoms with Crippen molar-refractivity contribution < 1.29 is 9.84 Å². The Morgan fingerprint density at radius 2 is 2.11 bits per heavy atom. The van der Waals surface area contributed by atoms with Gasteiger partial charge in [-0.1, -0.05) is 12.2 Å². The lowest BCUT2D eigenvalue weighted by atomic mass is 9.86. The first-order valence-electron chi connectivity index (χ1n) is 7.38. The highest BCUT2D eigenvalue weighted by molar-refractivity contribution is 5.11. The van der Waals surface area contributed by atoms with Crippen molar-refractivity contribution >= 4 is 0 Å². The molecule has 2 aliphatic carbocycles. The topological polar surface area (TPSA) is 41.5 Å². The molecule has 1 heterocycles. The molecule has 0 amide bonds. The second kappa shape index (κ2) is 4.95. The molecule has 3 aliphatic rings. The number of rotatable bonds is 4. The molecule has 1 aliphatic heterocycles. The first-order valence-corrected chi connectivity index (χ1v) is 7.38. The summed E-state index contributed by atoms with van der Waals surface area (Å²) in [5.41, 5.74) is -0.542. The first-order chi connectivity index (χ1) is 8.66.